The van der Waals surface area contributed by atoms with E-state index in [9.17, 15) is 4.79 Å². The average Bonchev–Trinajstić information content (AvgIpc) is 2.42. The molecule has 0 fully saturated rings. The van der Waals surface area contributed by atoms with E-state index >= 15 is 0 Å². The molecule has 5 heteroatoms. The minimum atomic E-state index is -0.203. The van der Waals surface area contributed by atoms with Gasteiger partial charge in [-0.15, -0.1) is 0 Å². The number of carbonyl (C=O) groups excluding carboxylic acids is 1. The third kappa shape index (κ3) is 4.40. The molecule has 1 heterocycles. The predicted molar refractivity (Wildman–Crippen MR) is 73.5 cm³/mol. The third-order valence-corrected chi connectivity index (χ3v) is 2.87. The first kappa shape index (κ1) is 14.6. The summed E-state index contributed by atoms with van der Waals surface area (Å²) in [6, 6.07) is 1.69. The molecule has 4 nitrogen and oxygen atoms in total. The molecule has 0 aliphatic rings. The van der Waals surface area contributed by atoms with Crippen LogP contribution in [0.2, 0.25) is 0 Å². The van der Waals surface area contributed by atoms with Gasteiger partial charge in [-0.05, 0) is 12.3 Å². The van der Waals surface area contributed by atoms with Crippen LogP contribution in [0.5, 0.6) is 0 Å². The molecular weight excluding hydrogens is 248 g/mol. The van der Waals surface area contributed by atoms with E-state index in [-0.39, 0.29) is 12.5 Å². The monoisotopic (exact) mass is 264 g/mol. The summed E-state index contributed by atoms with van der Waals surface area (Å²) in [6.45, 7) is 0.498. The Morgan fingerprint density at radius 2 is 2.33 bits per heavy atom. The highest BCUT2D eigenvalue weighted by Gasteiger charge is 2.11. The molecule has 0 spiro atoms. The molecule has 0 bridgehead atoms. The lowest BCUT2D eigenvalue weighted by molar-refractivity contribution is 0.0803. The fraction of sp³-hybridized carbons (Fsp3) is 0.385. The van der Waals surface area contributed by atoms with Gasteiger partial charge in [0, 0.05) is 37.3 Å². The highest BCUT2D eigenvalue weighted by Crippen LogP contribution is 2.05. The number of nitrogens with zero attached hydrogens (tertiary/aromatic N) is 2. The number of aliphatic hydroxyl groups excluding tert-OH is 1. The molecule has 0 aliphatic heterocycles. The standard InChI is InChI=1S/C13H16N2O2S/c1-15(5-7-18-2)13(17)12-8-11(4-3-6-16)9-14-10-12/h8-10,16H,5-7H2,1-2H3. The Bertz CT molecular complexity index is 466. The van der Waals surface area contributed by atoms with E-state index in [1.807, 2.05) is 6.26 Å². The molecule has 1 N–H and O–H groups in total. The van der Waals surface area contributed by atoms with Crippen LogP contribution in [-0.4, -0.2) is 53.1 Å². The van der Waals surface area contributed by atoms with E-state index in [1.54, 1.807) is 36.0 Å². The van der Waals surface area contributed by atoms with Gasteiger partial charge in [-0.3, -0.25) is 9.78 Å². The van der Waals surface area contributed by atoms with Crippen molar-refractivity contribution in [2.24, 2.45) is 0 Å². The Labute approximate surface area is 111 Å². The van der Waals surface area contributed by atoms with Crippen LogP contribution < -0.4 is 0 Å². The number of aliphatic hydroxyl groups is 1. The number of carbonyl (C=O) groups is 1. The van der Waals surface area contributed by atoms with Gasteiger partial charge in [-0.25, -0.2) is 0 Å². The lowest BCUT2D eigenvalue weighted by atomic mass is 10.2. The van der Waals surface area contributed by atoms with Crippen molar-refractivity contribution in [3.05, 3.63) is 29.6 Å². The zero-order valence-electron chi connectivity index (χ0n) is 10.5. The van der Waals surface area contributed by atoms with E-state index in [0.29, 0.717) is 17.7 Å². The Hall–Kier alpha value is -1.51. The molecule has 0 unspecified atom stereocenters. The molecule has 96 valence electrons. The van der Waals surface area contributed by atoms with Crippen molar-refractivity contribution in [2.75, 3.05) is 32.2 Å². The summed E-state index contributed by atoms with van der Waals surface area (Å²) in [5.41, 5.74) is 1.15. The van der Waals surface area contributed by atoms with Gasteiger partial charge in [0.1, 0.15) is 6.61 Å². The minimum Gasteiger partial charge on any atom is -0.384 e. The maximum atomic E-state index is 12.1. The lowest BCUT2D eigenvalue weighted by Gasteiger charge is -2.16. The summed E-state index contributed by atoms with van der Waals surface area (Å²) in [5, 5.41) is 8.62. The van der Waals surface area contributed by atoms with Gasteiger partial charge >= 0.3 is 0 Å². The second-order valence-electron chi connectivity index (χ2n) is 3.64. The summed E-state index contributed by atoms with van der Waals surface area (Å²) in [5.74, 6) is 6.10. The third-order valence-electron chi connectivity index (χ3n) is 2.27. The van der Waals surface area contributed by atoms with Crippen LogP contribution in [0.1, 0.15) is 15.9 Å². The first-order chi connectivity index (χ1) is 8.69. The fourth-order valence-electron chi connectivity index (χ4n) is 1.32. The first-order valence-corrected chi connectivity index (χ1v) is 6.87. The van der Waals surface area contributed by atoms with Crippen molar-refractivity contribution < 1.29 is 9.90 Å². The maximum absolute atomic E-state index is 12.1. The van der Waals surface area contributed by atoms with Crippen LogP contribution in [0.4, 0.5) is 0 Å². The summed E-state index contributed by atoms with van der Waals surface area (Å²) in [6.07, 6.45) is 5.11. The van der Waals surface area contributed by atoms with Gasteiger partial charge in [0.15, 0.2) is 0 Å². The van der Waals surface area contributed by atoms with E-state index in [1.165, 1.54) is 6.20 Å². The van der Waals surface area contributed by atoms with Crippen molar-refractivity contribution in [3.8, 4) is 11.8 Å². The molecule has 18 heavy (non-hydrogen) atoms. The summed E-state index contributed by atoms with van der Waals surface area (Å²) < 4.78 is 0. The van der Waals surface area contributed by atoms with Crippen molar-refractivity contribution >= 4 is 17.7 Å². The number of hydrogen-bond donors (Lipinski definition) is 1. The average molecular weight is 264 g/mol. The molecule has 0 saturated carbocycles. The van der Waals surface area contributed by atoms with Gasteiger partial charge in [-0.1, -0.05) is 11.8 Å². The fourth-order valence-corrected chi connectivity index (χ4v) is 1.77. The quantitative estimate of drug-likeness (QED) is 0.820. The van der Waals surface area contributed by atoms with Gasteiger partial charge in [0.25, 0.3) is 5.91 Å². The second-order valence-corrected chi connectivity index (χ2v) is 4.63. The summed E-state index contributed by atoms with van der Waals surface area (Å²) in [7, 11) is 1.77. The van der Waals surface area contributed by atoms with Crippen LogP contribution in [0.25, 0.3) is 0 Å². The van der Waals surface area contributed by atoms with Gasteiger partial charge in [0.05, 0.1) is 5.56 Å². The Morgan fingerprint density at radius 1 is 1.56 bits per heavy atom. The maximum Gasteiger partial charge on any atom is 0.255 e. The second kappa shape index (κ2) is 7.75. The molecule has 1 rings (SSSR count). The summed E-state index contributed by atoms with van der Waals surface area (Å²) >= 11 is 1.70. The number of hydrogen-bond acceptors (Lipinski definition) is 4. The van der Waals surface area contributed by atoms with Crippen molar-refractivity contribution in [3.63, 3.8) is 0 Å². The van der Waals surface area contributed by atoms with Crippen LogP contribution in [0.3, 0.4) is 0 Å². The smallest absolute Gasteiger partial charge is 0.255 e. The van der Waals surface area contributed by atoms with Crippen LogP contribution in [0, 0.1) is 11.8 Å². The zero-order chi connectivity index (χ0) is 13.4. The number of rotatable bonds is 4. The molecule has 1 aromatic rings. The number of aromatic nitrogens is 1. The minimum absolute atomic E-state index is 0.0656. The first-order valence-electron chi connectivity index (χ1n) is 5.48. The number of thioether (sulfide) groups is 1. The van der Waals surface area contributed by atoms with Gasteiger partial charge in [-0.2, -0.15) is 11.8 Å². The predicted octanol–water partition coefficient (Wildman–Crippen LogP) is 0.860. The van der Waals surface area contributed by atoms with E-state index in [0.717, 1.165) is 5.75 Å². The Morgan fingerprint density at radius 3 is 3.00 bits per heavy atom. The number of amides is 1. The van der Waals surface area contributed by atoms with E-state index in [2.05, 4.69) is 16.8 Å². The Balaban J connectivity index is 2.79. The zero-order valence-corrected chi connectivity index (χ0v) is 11.3. The number of pyridine rings is 1. The molecule has 0 aromatic carbocycles. The summed E-state index contributed by atoms with van der Waals surface area (Å²) in [4.78, 5) is 17.7. The molecular formula is C13H16N2O2S. The van der Waals surface area contributed by atoms with Crippen LogP contribution in [0.15, 0.2) is 18.5 Å². The van der Waals surface area contributed by atoms with Gasteiger partial charge < -0.3 is 10.0 Å². The van der Waals surface area contributed by atoms with Crippen molar-refractivity contribution in [2.45, 2.75) is 0 Å². The van der Waals surface area contributed by atoms with Gasteiger partial charge in [0.2, 0.25) is 0 Å². The lowest BCUT2D eigenvalue weighted by Crippen LogP contribution is -2.29. The molecule has 0 saturated heterocycles. The molecule has 0 aliphatic carbocycles. The van der Waals surface area contributed by atoms with Crippen molar-refractivity contribution in [1.29, 1.82) is 0 Å². The van der Waals surface area contributed by atoms with E-state index in [4.69, 9.17) is 5.11 Å². The van der Waals surface area contributed by atoms with Crippen molar-refractivity contribution in [1.82, 2.24) is 9.88 Å². The molecule has 1 aromatic heterocycles. The SMILES string of the molecule is CSCCN(C)C(=O)c1cncc(C#CCO)c1. The highest BCUT2D eigenvalue weighted by molar-refractivity contribution is 7.98. The molecule has 0 radical (unpaired) electrons. The highest BCUT2D eigenvalue weighted by atomic mass is 32.2. The normalized spacial score (nSPS) is 9.50. The largest absolute Gasteiger partial charge is 0.384 e. The molecule has 1 amide bonds. The molecule has 0 atom stereocenters. The van der Waals surface area contributed by atoms with E-state index < -0.39 is 0 Å². The van der Waals surface area contributed by atoms with Crippen LogP contribution in [-0.2, 0) is 0 Å². The topological polar surface area (TPSA) is 53.4 Å². The van der Waals surface area contributed by atoms with Crippen LogP contribution >= 0.6 is 11.8 Å². The Kier molecular flexibility index (Phi) is 6.26.